The number of rotatable bonds is 4. The summed E-state index contributed by atoms with van der Waals surface area (Å²) in [6, 6.07) is 2.46. The van der Waals surface area contributed by atoms with Crippen LogP contribution in [0.2, 0.25) is 0 Å². The number of ether oxygens (including phenoxy) is 1. The van der Waals surface area contributed by atoms with Crippen molar-refractivity contribution in [2.75, 3.05) is 6.61 Å². The summed E-state index contributed by atoms with van der Waals surface area (Å²) in [5.41, 5.74) is -0.377. The maximum Gasteiger partial charge on any atom is 0.573 e. The smallest absolute Gasteiger partial charge is 0.508 e. The number of hydrogen-bond donors (Lipinski definition) is 4. The number of alkyl halides is 3. The van der Waals surface area contributed by atoms with Crippen molar-refractivity contribution in [3.63, 3.8) is 0 Å². The molecule has 8 heteroatoms. The number of hydrogen-bond acceptors (Lipinski definition) is 5. The van der Waals surface area contributed by atoms with Crippen LogP contribution in [0.3, 0.4) is 0 Å². The molecule has 102 valence electrons. The molecule has 0 aliphatic rings. The van der Waals surface area contributed by atoms with Crippen LogP contribution in [0.1, 0.15) is 11.7 Å². The zero-order valence-corrected chi connectivity index (χ0v) is 8.92. The summed E-state index contributed by atoms with van der Waals surface area (Å²) in [5.74, 6) is -1.18. The monoisotopic (exact) mass is 268 g/mol. The van der Waals surface area contributed by atoms with Crippen LogP contribution in [0.4, 0.5) is 13.2 Å². The Morgan fingerprint density at radius 1 is 1.22 bits per heavy atom. The zero-order chi connectivity index (χ0) is 13.9. The summed E-state index contributed by atoms with van der Waals surface area (Å²) >= 11 is 0. The maximum absolute atomic E-state index is 12.0. The van der Waals surface area contributed by atoms with Gasteiger partial charge in [-0.25, -0.2) is 0 Å². The third kappa shape index (κ3) is 3.76. The van der Waals surface area contributed by atoms with E-state index in [1.807, 2.05) is 0 Å². The number of phenolic OH excluding ortho intramolecular Hbond substituents is 1. The average molecular weight is 268 g/mol. The van der Waals surface area contributed by atoms with Crippen molar-refractivity contribution in [1.82, 2.24) is 0 Å². The Hall–Kier alpha value is -1.51. The number of halogens is 3. The highest BCUT2D eigenvalue weighted by Gasteiger charge is 2.32. The van der Waals surface area contributed by atoms with Crippen LogP contribution in [0.5, 0.6) is 11.5 Å². The number of benzene rings is 1. The molecule has 0 saturated carbocycles. The van der Waals surface area contributed by atoms with E-state index in [4.69, 9.17) is 10.2 Å². The Morgan fingerprint density at radius 2 is 1.83 bits per heavy atom. The Kier molecular flexibility index (Phi) is 4.38. The van der Waals surface area contributed by atoms with Crippen LogP contribution in [0, 0.1) is 0 Å². The highest BCUT2D eigenvalue weighted by molar-refractivity contribution is 5.41. The molecule has 2 unspecified atom stereocenters. The van der Waals surface area contributed by atoms with Gasteiger partial charge in [0.1, 0.15) is 23.7 Å². The minimum atomic E-state index is -4.91. The van der Waals surface area contributed by atoms with Gasteiger partial charge >= 0.3 is 6.36 Å². The lowest BCUT2D eigenvalue weighted by atomic mass is 10.0. The van der Waals surface area contributed by atoms with Gasteiger partial charge in [0.15, 0.2) is 0 Å². The Labute approximate surface area is 99.7 Å². The summed E-state index contributed by atoms with van der Waals surface area (Å²) in [5, 5.41) is 36.6. The zero-order valence-electron chi connectivity index (χ0n) is 8.92. The van der Waals surface area contributed by atoms with Gasteiger partial charge in [-0.1, -0.05) is 0 Å². The normalized spacial score (nSPS) is 15.2. The van der Waals surface area contributed by atoms with E-state index in [0.717, 1.165) is 18.2 Å². The molecule has 0 heterocycles. The summed E-state index contributed by atoms with van der Waals surface area (Å²) < 4.78 is 39.5. The third-order valence-electron chi connectivity index (χ3n) is 2.10. The first-order valence-corrected chi connectivity index (χ1v) is 4.80. The fourth-order valence-electron chi connectivity index (χ4n) is 1.27. The average Bonchev–Trinajstić information content (AvgIpc) is 2.28. The molecule has 1 rings (SSSR count). The van der Waals surface area contributed by atoms with Gasteiger partial charge in [-0.2, -0.15) is 0 Å². The molecule has 5 nitrogen and oxygen atoms in total. The molecule has 0 amide bonds. The van der Waals surface area contributed by atoms with Crippen molar-refractivity contribution in [3.8, 4) is 11.5 Å². The number of aliphatic hydroxyl groups is 3. The summed E-state index contributed by atoms with van der Waals surface area (Å²) in [4.78, 5) is 0. The van der Waals surface area contributed by atoms with E-state index in [1.165, 1.54) is 0 Å². The molecule has 0 aliphatic carbocycles. The van der Waals surface area contributed by atoms with Gasteiger partial charge in [0.05, 0.1) is 6.61 Å². The maximum atomic E-state index is 12.0. The molecule has 0 radical (unpaired) electrons. The largest absolute Gasteiger partial charge is 0.573 e. The summed E-state index contributed by atoms with van der Waals surface area (Å²) in [6.45, 7) is -0.815. The Bertz CT molecular complexity index is 407. The second kappa shape index (κ2) is 5.42. The van der Waals surface area contributed by atoms with Crippen molar-refractivity contribution >= 4 is 0 Å². The topological polar surface area (TPSA) is 90.2 Å². The van der Waals surface area contributed by atoms with E-state index in [2.05, 4.69) is 4.74 Å². The molecule has 18 heavy (non-hydrogen) atoms. The van der Waals surface area contributed by atoms with Crippen molar-refractivity contribution in [2.45, 2.75) is 18.6 Å². The van der Waals surface area contributed by atoms with Crippen molar-refractivity contribution in [3.05, 3.63) is 23.8 Å². The van der Waals surface area contributed by atoms with Crippen molar-refractivity contribution < 1.29 is 38.3 Å². The van der Waals surface area contributed by atoms with Gasteiger partial charge in [0.25, 0.3) is 0 Å². The SMILES string of the molecule is OCC(O)C(O)c1cc(OC(F)(F)F)ccc1O. The van der Waals surface area contributed by atoms with Crippen LogP contribution in [-0.2, 0) is 0 Å². The van der Waals surface area contributed by atoms with E-state index in [1.54, 1.807) is 0 Å². The minimum Gasteiger partial charge on any atom is -0.508 e. The molecule has 4 N–H and O–H groups in total. The number of aromatic hydroxyl groups is 1. The van der Waals surface area contributed by atoms with Crippen LogP contribution in [0.25, 0.3) is 0 Å². The molecule has 1 aromatic carbocycles. The summed E-state index contributed by atoms with van der Waals surface area (Å²) in [6.07, 6.45) is -8.27. The van der Waals surface area contributed by atoms with E-state index < -0.39 is 36.7 Å². The van der Waals surface area contributed by atoms with Crippen LogP contribution in [-0.4, -0.2) is 39.5 Å². The molecule has 0 aromatic heterocycles. The van der Waals surface area contributed by atoms with E-state index >= 15 is 0 Å². The van der Waals surface area contributed by atoms with Crippen molar-refractivity contribution in [2.24, 2.45) is 0 Å². The molecular formula is C10H11F3O5. The first-order chi connectivity index (χ1) is 8.24. The predicted molar refractivity (Wildman–Crippen MR) is 52.8 cm³/mol. The molecule has 2 atom stereocenters. The predicted octanol–water partition coefficient (Wildman–Crippen LogP) is 0.677. The second-order valence-electron chi connectivity index (χ2n) is 3.46. The quantitative estimate of drug-likeness (QED) is 0.644. The first-order valence-electron chi connectivity index (χ1n) is 4.80. The standard InChI is InChI=1S/C10H11F3O5/c11-10(12,13)18-5-1-2-7(15)6(3-5)9(17)8(16)4-14/h1-3,8-9,14-17H,4H2. The Morgan fingerprint density at radius 3 is 2.33 bits per heavy atom. The van der Waals surface area contributed by atoms with Crippen molar-refractivity contribution in [1.29, 1.82) is 0 Å². The van der Waals surface area contributed by atoms with E-state index in [0.29, 0.717) is 0 Å². The molecular weight excluding hydrogens is 257 g/mol. The van der Waals surface area contributed by atoms with Gasteiger partial charge in [-0.05, 0) is 18.2 Å². The van der Waals surface area contributed by atoms with Crippen LogP contribution < -0.4 is 4.74 Å². The van der Waals surface area contributed by atoms with Gasteiger partial charge in [-0.3, -0.25) is 0 Å². The fourth-order valence-corrected chi connectivity index (χ4v) is 1.27. The van der Waals surface area contributed by atoms with Crippen LogP contribution >= 0.6 is 0 Å². The lowest BCUT2D eigenvalue weighted by molar-refractivity contribution is -0.274. The lowest BCUT2D eigenvalue weighted by Gasteiger charge is -2.18. The minimum absolute atomic E-state index is 0.377. The molecule has 1 aromatic rings. The molecule has 0 fully saturated rings. The second-order valence-corrected chi connectivity index (χ2v) is 3.46. The number of aliphatic hydroxyl groups excluding tert-OH is 3. The highest BCUT2D eigenvalue weighted by Crippen LogP contribution is 2.32. The third-order valence-corrected chi connectivity index (χ3v) is 2.10. The molecule has 0 spiro atoms. The van der Waals surface area contributed by atoms with E-state index in [9.17, 15) is 23.4 Å². The molecule has 0 aliphatic heterocycles. The summed E-state index contributed by atoms with van der Waals surface area (Å²) in [7, 11) is 0. The lowest BCUT2D eigenvalue weighted by Crippen LogP contribution is -2.22. The molecule has 0 bridgehead atoms. The highest BCUT2D eigenvalue weighted by atomic mass is 19.4. The van der Waals surface area contributed by atoms with Gasteiger partial charge in [0.2, 0.25) is 0 Å². The van der Waals surface area contributed by atoms with Gasteiger partial charge in [0, 0.05) is 5.56 Å². The first kappa shape index (κ1) is 14.6. The van der Waals surface area contributed by atoms with Gasteiger partial charge < -0.3 is 25.2 Å². The Balaban J connectivity index is 3.01. The van der Waals surface area contributed by atoms with Gasteiger partial charge in [-0.15, -0.1) is 13.2 Å². The number of phenols is 1. The molecule has 0 saturated heterocycles. The van der Waals surface area contributed by atoms with E-state index in [-0.39, 0.29) is 5.56 Å². The fraction of sp³-hybridized carbons (Fsp3) is 0.400. The van der Waals surface area contributed by atoms with Crippen LogP contribution in [0.15, 0.2) is 18.2 Å².